The minimum atomic E-state index is -0.338. The third-order valence-electron chi connectivity index (χ3n) is 12.1. The van der Waals surface area contributed by atoms with Crippen LogP contribution in [-0.2, 0) is 6.42 Å². The number of aryl methyl sites for hydroxylation is 9. The molecule has 0 fully saturated rings. The van der Waals surface area contributed by atoms with Gasteiger partial charge in [0, 0.05) is 40.4 Å². The highest BCUT2D eigenvalue weighted by Gasteiger charge is 2.33. The Bertz CT molecular complexity index is 2560. The number of fused-ring (bicyclic) bond motifs is 8. The van der Waals surface area contributed by atoms with E-state index in [-0.39, 0.29) is 17.7 Å². The van der Waals surface area contributed by atoms with E-state index in [1.807, 2.05) is 0 Å². The van der Waals surface area contributed by atoms with Gasteiger partial charge in [-0.3, -0.25) is 4.57 Å². The number of allylic oxidation sites excluding steroid dienone is 4. The van der Waals surface area contributed by atoms with Crippen LogP contribution in [-0.4, -0.2) is 27.9 Å². The molecule has 0 N–H and O–H groups in total. The number of hydrogen-bond acceptors (Lipinski definition) is 4. The SMILES string of the molecule is Cc1cc2c(cc1C)-c1cc(C)c(C)cc1[C@@H](C1=NC3=CC(F)=C/C4=N/C(n5c6cc(C)c(C)cc6c6cc(C)c(C)cc65)=NC(=N1)CC3C4)CC2. The predicted octanol–water partition coefficient (Wildman–Crippen LogP) is 11.3. The number of amidine groups is 2. The molecule has 6 heteroatoms. The highest BCUT2D eigenvalue weighted by atomic mass is 19.1. The predicted molar refractivity (Wildman–Crippen MR) is 215 cm³/mol. The van der Waals surface area contributed by atoms with Crippen LogP contribution in [0.5, 0.6) is 0 Å². The largest absolute Gasteiger partial charge is 0.278 e. The van der Waals surface area contributed by atoms with Crippen molar-refractivity contribution in [3.05, 3.63) is 128 Å². The Balaban J connectivity index is 1.29. The van der Waals surface area contributed by atoms with E-state index < -0.39 is 0 Å². The van der Waals surface area contributed by atoms with E-state index in [0.717, 1.165) is 40.3 Å². The van der Waals surface area contributed by atoms with Crippen LogP contribution < -0.4 is 0 Å². The maximum Gasteiger partial charge on any atom is 0.236 e. The van der Waals surface area contributed by atoms with Gasteiger partial charge >= 0.3 is 0 Å². The van der Waals surface area contributed by atoms with Crippen molar-refractivity contribution in [2.45, 2.75) is 87.0 Å². The maximum absolute atomic E-state index is 15.9. The van der Waals surface area contributed by atoms with Crippen LogP contribution in [0.15, 0.2) is 92.2 Å². The van der Waals surface area contributed by atoms with Gasteiger partial charge in [-0.25, -0.2) is 19.4 Å². The molecule has 4 aliphatic rings. The number of hydrogen-bond donors (Lipinski definition) is 0. The fourth-order valence-corrected chi connectivity index (χ4v) is 8.57. The second-order valence-corrected chi connectivity index (χ2v) is 15.7. The lowest BCUT2D eigenvalue weighted by Crippen LogP contribution is -2.21. The smallest absolute Gasteiger partial charge is 0.236 e. The van der Waals surface area contributed by atoms with E-state index in [1.54, 1.807) is 12.2 Å². The number of aromatic nitrogens is 1. The van der Waals surface area contributed by atoms with E-state index in [0.29, 0.717) is 36.2 Å². The summed E-state index contributed by atoms with van der Waals surface area (Å²) in [5.41, 5.74) is 18.6. The lowest BCUT2D eigenvalue weighted by Gasteiger charge is -2.20. The lowest BCUT2D eigenvalue weighted by molar-refractivity contribution is 0.646. The van der Waals surface area contributed by atoms with Gasteiger partial charge in [0.2, 0.25) is 5.96 Å². The van der Waals surface area contributed by atoms with Crippen LogP contribution in [0.2, 0.25) is 0 Å². The normalized spacial score (nSPS) is 20.6. The van der Waals surface area contributed by atoms with Crippen molar-refractivity contribution in [2.75, 3.05) is 0 Å². The van der Waals surface area contributed by atoms with Crippen LogP contribution in [0.1, 0.15) is 80.8 Å². The molecule has 0 radical (unpaired) electrons. The highest BCUT2D eigenvalue weighted by molar-refractivity contribution is 6.19. The topological polar surface area (TPSA) is 54.4 Å². The molecule has 0 amide bonds. The summed E-state index contributed by atoms with van der Waals surface area (Å²) in [6.07, 6.45) is 6.04. The molecule has 5 nitrogen and oxygen atoms in total. The Morgan fingerprint density at radius 1 is 0.596 bits per heavy atom. The molecular formula is C46H44FN5. The fraction of sp³-hybridized carbons (Fsp3) is 0.304. The first-order valence-electron chi connectivity index (χ1n) is 18.6. The summed E-state index contributed by atoms with van der Waals surface area (Å²) in [4.78, 5) is 21.2. The number of aliphatic imine (C=N–C) groups is 4. The molecule has 9 rings (SSSR count). The third-order valence-corrected chi connectivity index (χ3v) is 12.1. The summed E-state index contributed by atoms with van der Waals surface area (Å²) in [6.45, 7) is 17.4. The molecule has 3 bridgehead atoms. The molecule has 1 unspecified atom stereocenters. The number of nitrogens with zero attached hydrogens (tertiary/aromatic N) is 5. The van der Waals surface area contributed by atoms with E-state index in [1.165, 1.54) is 66.8 Å². The van der Waals surface area contributed by atoms with Gasteiger partial charge in [0.25, 0.3) is 0 Å². The molecule has 52 heavy (non-hydrogen) atoms. The molecule has 2 aliphatic carbocycles. The van der Waals surface area contributed by atoms with Gasteiger partial charge in [-0.15, -0.1) is 0 Å². The zero-order valence-corrected chi connectivity index (χ0v) is 31.4. The summed E-state index contributed by atoms with van der Waals surface area (Å²) in [7, 11) is 0. The average Bonchev–Trinajstić information content (AvgIpc) is 3.21. The van der Waals surface area contributed by atoms with Gasteiger partial charge in [-0.2, -0.15) is 4.99 Å². The molecule has 260 valence electrons. The van der Waals surface area contributed by atoms with Gasteiger partial charge < -0.3 is 0 Å². The van der Waals surface area contributed by atoms with Gasteiger partial charge in [0.1, 0.15) is 17.5 Å². The molecular weight excluding hydrogens is 642 g/mol. The van der Waals surface area contributed by atoms with Crippen molar-refractivity contribution < 1.29 is 4.39 Å². The zero-order chi connectivity index (χ0) is 36.2. The van der Waals surface area contributed by atoms with Gasteiger partial charge in [-0.05, 0) is 178 Å². The van der Waals surface area contributed by atoms with Crippen LogP contribution in [0.3, 0.4) is 0 Å². The van der Waals surface area contributed by atoms with E-state index in [4.69, 9.17) is 20.0 Å². The molecule has 5 aromatic rings. The fourth-order valence-electron chi connectivity index (χ4n) is 8.57. The molecule has 4 aromatic carbocycles. The first-order chi connectivity index (χ1) is 24.9. The molecule has 0 spiro atoms. The van der Waals surface area contributed by atoms with Gasteiger partial charge in [0.05, 0.1) is 11.0 Å². The zero-order valence-electron chi connectivity index (χ0n) is 31.4. The number of benzene rings is 4. The first-order valence-corrected chi connectivity index (χ1v) is 18.6. The van der Waals surface area contributed by atoms with Crippen molar-refractivity contribution in [1.29, 1.82) is 0 Å². The summed E-state index contributed by atoms with van der Waals surface area (Å²) in [6, 6.07) is 18.4. The van der Waals surface area contributed by atoms with Crippen LogP contribution in [0.25, 0.3) is 32.9 Å². The minimum Gasteiger partial charge on any atom is -0.278 e. The quantitative estimate of drug-likeness (QED) is 0.169. The lowest BCUT2D eigenvalue weighted by atomic mass is 9.86. The summed E-state index contributed by atoms with van der Waals surface area (Å²) in [5, 5.41) is 2.32. The van der Waals surface area contributed by atoms with Crippen molar-refractivity contribution >= 4 is 45.1 Å². The van der Waals surface area contributed by atoms with Crippen LogP contribution >= 0.6 is 0 Å². The Labute approximate surface area is 305 Å². The first kappa shape index (κ1) is 32.7. The second-order valence-electron chi connectivity index (χ2n) is 15.7. The Morgan fingerprint density at radius 2 is 1.19 bits per heavy atom. The molecule has 2 atom stereocenters. The Kier molecular flexibility index (Phi) is 7.48. The maximum atomic E-state index is 15.9. The number of rotatable bonds is 1. The van der Waals surface area contributed by atoms with Crippen molar-refractivity contribution in [2.24, 2.45) is 25.9 Å². The van der Waals surface area contributed by atoms with E-state index >= 15 is 4.39 Å². The second kappa shape index (κ2) is 11.9. The van der Waals surface area contributed by atoms with E-state index in [2.05, 4.69) is 108 Å². The minimum absolute atomic E-state index is 0.0785. The Morgan fingerprint density at radius 3 is 1.88 bits per heavy atom. The molecule has 1 aromatic heterocycles. The molecule has 3 heterocycles. The van der Waals surface area contributed by atoms with E-state index in [9.17, 15) is 0 Å². The molecule has 0 saturated carbocycles. The van der Waals surface area contributed by atoms with Gasteiger partial charge in [-0.1, -0.05) is 24.3 Å². The summed E-state index contributed by atoms with van der Waals surface area (Å²) >= 11 is 0. The average molecular weight is 686 g/mol. The van der Waals surface area contributed by atoms with Crippen molar-refractivity contribution in [3.8, 4) is 11.1 Å². The third kappa shape index (κ3) is 5.25. The van der Waals surface area contributed by atoms with Crippen LogP contribution in [0, 0.1) is 61.3 Å². The standard InChI is InChI=1S/C46H44FN5/c1-23-11-31-9-10-35(37-13-25(3)26(4)14-38(37)36(31)12-24(23)2)45-49-41-22-33(47)21-34-19-32(41)20-44(50-45)51-46(48-34)52-42-17-29(7)27(5)15-39(42)40-16-28(6)30(8)18-43(40)52/h11-18,21-22,32,35H,9-10,19-20H2,1-8H3/b48-34+,48-46?,51-44?,51-46?/t32?,35-/m0/s1. The Hall–Kier alpha value is -5.23. The highest BCUT2D eigenvalue weighted by Crippen LogP contribution is 2.43. The molecule has 0 saturated heterocycles. The monoisotopic (exact) mass is 685 g/mol. The summed E-state index contributed by atoms with van der Waals surface area (Å²) < 4.78 is 18.0. The van der Waals surface area contributed by atoms with Gasteiger partial charge in [0.15, 0.2) is 0 Å². The molecule has 2 aliphatic heterocycles. The summed E-state index contributed by atoms with van der Waals surface area (Å²) in [5.74, 6) is 1.40. The van der Waals surface area contributed by atoms with Crippen LogP contribution in [0.4, 0.5) is 4.39 Å². The van der Waals surface area contributed by atoms with Crippen molar-refractivity contribution in [1.82, 2.24) is 4.57 Å². The van der Waals surface area contributed by atoms with Crippen molar-refractivity contribution in [3.63, 3.8) is 0 Å². The number of halogens is 1.